The van der Waals surface area contributed by atoms with Crippen LogP contribution in [-0.2, 0) is 17.6 Å². The summed E-state index contributed by atoms with van der Waals surface area (Å²) in [5, 5.41) is 5.53. The van der Waals surface area contributed by atoms with Gasteiger partial charge < -0.3 is 10.6 Å². The van der Waals surface area contributed by atoms with Crippen LogP contribution in [-0.4, -0.2) is 18.4 Å². The average Bonchev–Trinajstić information content (AvgIpc) is 2.94. The van der Waals surface area contributed by atoms with E-state index >= 15 is 0 Å². The molecule has 0 fully saturated rings. The van der Waals surface area contributed by atoms with Gasteiger partial charge in [0.15, 0.2) is 0 Å². The van der Waals surface area contributed by atoms with Gasteiger partial charge in [0.05, 0.1) is 11.4 Å². The predicted molar refractivity (Wildman–Crippen MR) is 95.2 cm³/mol. The van der Waals surface area contributed by atoms with E-state index in [9.17, 15) is 9.59 Å². The van der Waals surface area contributed by atoms with E-state index < -0.39 is 0 Å². The predicted octanol–water partition coefficient (Wildman–Crippen LogP) is 3.55. The van der Waals surface area contributed by atoms with Crippen molar-refractivity contribution in [3.8, 4) is 0 Å². The lowest BCUT2D eigenvalue weighted by atomic mass is 10.1. The van der Waals surface area contributed by atoms with Crippen molar-refractivity contribution in [2.24, 2.45) is 0 Å². The van der Waals surface area contributed by atoms with E-state index in [2.05, 4.69) is 17.6 Å². The van der Waals surface area contributed by atoms with Crippen molar-refractivity contribution in [2.45, 2.75) is 33.6 Å². The maximum atomic E-state index is 12.1. The fourth-order valence-electron chi connectivity index (χ4n) is 2.38. The molecule has 0 aliphatic heterocycles. The van der Waals surface area contributed by atoms with Crippen LogP contribution in [0.3, 0.4) is 0 Å². The van der Waals surface area contributed by atoms with E-state index in [-0.39, 0.29) is 18.4 Å². The molecule has 0 aliphatic rings. The molecule has 0 unspecified atom stereocenters. The lowest BCUT2D eigenvalue weighted by Crippen LogP contribution is -2.32. The highest BCUT2D eigenvalue weighted by atomic mass is 32.1. The van der Waals surface area contributed by atoms with Crippen LogP contribution in [0.25, 0.3) is 0 Å². The number of thiophene rings is 1. The minimum atomic E-state index is -0.219. The summed E-state index contributed by atoms with van der Waals surface area (Å²) in [7, 11) is 0. The summed E-state index contributed by atoms with van der Waals surface area (Å²) < 4.78 is 0. The summed E-state index contributed by atoms with van der Waals surface area (Å²) in [5.41, 5.74) is 3.06. The van der Waals surface area contributed by atoms with E-state index in [1.54, 1.807) is 0 Å². The number of rotatable bonds is 6. The Morgan fingerprint density at radius 3 is 2.43 bits per heavy atom. The highest BCUT2D eigenvalue weighted by Gasteiger charge is 2.13. The summed E-state index contributed by atoms with van der Waals surface area (Å²) in [6.07, 6.45) is 1.75. The number of hydrogen-bond donors (Lipinski definition) is 2. The Bertz CT molecular complexity index is 707. The smallest absolute Gasteiger partial charge is 0.261 e. The number of para-hydroxylation sites is 1. The molecule has 0 spiro atoms. The van der Waals surface area contributed by atoms with Gasteiger partial charge in [-0.3, -0.25) is 9.59 Å². The first kappa shape index (κ1) is 17.2. The Balaban J connectivity index is 1.92. The lowest BCUT2D eigenvalue weighted by Gasteiger charge is -2.10. The first-order chi connectivity index (χ1) is 11.0. The molecule has 2 N–H and O–H groups in total. The Morgan fingerprint density at radius 2 is 1.78 bits per heavy atom. The molecule has 0 aliphatic carbocycles. The number of benzene rings is 1. The average molecular weight is 330 g/mol. The number of anilines is 1. The van der Waals surface area contributed by atoms with Crippen molar-refractivity contribution in [1.82, 2.24) is 5.32 Å². The zero-order chi connectivity index (χ0) is 16.8. The topological polar surface area (TPSA) is 58.2 Å². The van der Waals surface area contributed by atoms with E-state index in [0.717, 1.165) is 29.0 Å². The number of carbonyl (C=O) groups is 2. The van der Waals surface area contributed by atoms with Gasteiger partial charge >= 0.3 is 0 Å². The first-order valence-corrected chi connectivity index (χ1v) is 8.62. The number of carbonyl (C=O) groups excluding carboxylic acids is 2. The molecule has 0 radical (unpaired) electrons. The summed E-state index contributed by atoms with van der Waals surface area (Å²) in [6.45, 7) is 6.08. The standard InChI is InChI=1S/C18H22N2O2S/c1-4-13-8-6-7-9-15(13)20-17(21)11-19-18(22)16-10-14(5-2)12(3)23-16/h6-10H,4-5,11H2,1-3H3,(H,19,22)(H,20,21). The molecular formula is C18H22N2O2S. The van der Waals surface area contributed by atoms with Crippen LogP contribution in [0.15, 0.2) is 30.3 Å². The third-order valence-electron chi connectivity index (χ3n) is 3.71. The molecule has 122 valence electrons. The molecular weight excluding hydrogens is 308 g/mol. The Morgan fingerprint density at radius 1 is 1.09 bits per heavy atom. The van der Waals surface area contributed by atoms with E-state index in [4.69, 9.17) is 0 Å². The van der Waals surface area contributed by atoms with Crippen molar-refractivity contribution in [3.63, 3.8) is 0 Å². The summed E-state index contributed by atoms with van der Waals surface area (Å²) >= 11 is 1.47. The Labute approximate surface area is 140 Å². The number of nitrogens with one attached hydrogen (secondary N) is 2. The molecule has 4 nitrogen and oxygen atoms in total. The van der Waals surface area contributed by atoms with Crippen LogP contribution in [0.2, 0.25) is 0 Å². The van der Waals surface area contributed by atoms with Gasteiger partial charge in [-0.05, 0) is 43.0 Å². The molecule has 5 heteroatoms. The normalized spacial score (nSPS) is 10.4. The van der Waals surface area contributed by atoms with Gasteiger partial charge in [-0.1, -0.05) is 32.0 Å². The van der Waals surface area contributed by atoms with Gasteiger partial charge in [0.2, 0.25) is 5.91 Å². The van der Waals surface area contributed by atoms with E-state index in [1.807, 2.05) is 44.2 Å². The second-order valence-corrected chi connectivity index (χ2v) is 6.54. The van der Waals surface area contributed by atoms with Crippen LogP contribution < -0.4 is 10.6 Å². The summed E-state index contributed by atoms with van der Waals surface area (Å²) in [5.74, 6) is -0.417. The van der Waals surface area contributed by atoms with Crippen molar-refractivity contribution in [3.05, 3.63) is 51.2 Å². The maximum absolute atomic E-state index is 12.1. The molecule has 0 saturated heterocycles. The second-order valence-electron chi connectivity index (χ2n) is 5.29. The quantitative estimate of drug-likeness (QED) is 0.851. The number of aryl methyl sites for hydroxylation is 3. The SMILES string of the molecule is CCc1ccccc1NC(=O)CNC(=O)c1cc(CC)c(C)s1. The highest BCUT2D eigenvalue weighted by molar-refractivity contribution is 7.14. The molecule has 0 bridgehead atoms. The number of hydrogen-bond acceptors (Lipinski definition) is 3. The Kier molecular flexibility index (Phi) is 5.93. The van der Waals surface area contributed by atoms with Gasteiger partial charge in [-0.25, -0.2) is 0 Å². The van der Waals surface area contributed by atoms with Gasteiger partial charge in [0.1, 0.15) is 0 Å². The lowest BCUT2D eigenvalue weighted by molar-refractivity contribution is -0.115. The van der Waals surface area contributed by atoms with Gasteiger partial charge in [-0.15, -0.1) is 11.3 Å². The zero-order valence-electron chi connectivity index (χ0n) is 13.7. The van der Waals surface area contributed by atoms with E-state index in [1.165, 1.54) is 16.9 Å². The van der Waals surface area contributed by atoms with Crippen molar-refractivity contribution in [2.75, 3.05) is 11.9 Å². The molecule has 2 rings (SSSR count). The molecule has 1 aromatic carbocycles. The fourth-order valence-corrected chi connectivity index (χ4v) is 3.41. The van der Waals surface area contributed by atoms with Crippen molar-refractivity contribution in [1.29, 1.82) is 0 Å². The van der Waals surface area contributed by atoms with Crippen LogP contribution in [0.5, 0.6) is 0 Å². The van der Waals surface area contributed by atoms with Crippen molar-refractivity contribution < 1.29 is 9.59 Å². The molecule has 0 saturated carbocycles. The van der Waals surface area contributed by atoms with Crippen LogP contribution in [0.1, 0.15) is 39.5 Å². The number of amides is 2. The second kappa shape index (κ2) is 7.92. The molecule has 1 heterocycles. The molecule has 1 aromatic heterocycles. The van der Waals surface area contributed by atoms with E-state index in [0.29, 0.717) is 4.88 Å². The minimum absolute atomic E-state index is 0.0325. The highest BCUT2D eigenvalue weighted by Crippen LogP contribution is 2.21. The zero-order valence-corrected chi connectivity index (χ0v) is 14.5. The minimum Gasteiger partial charge on any atom is -0.342 e. The summed E-state index contributed by atoms with van der Waals surface area (Å²) in [6, 6.07) is 9.58. The van der Waals surface area contributed by atoms with Gasteiger partial charge in [0.25, 0.3) is 5.91 Å². The third kappa shape index (κ3) is 4.42. The molecule has 23 heavy (non-hydrogen) atoms. The van der Waals surface area contributed by atoms with Crippen LogP contribution in [0, 0.1) is 6.92 Å². The monoisotopic (exact) mass is 330 g/mol. The van der Waals surface area contributed by atoms with Crippen LogP contribution in [0.4, 0.5) is 5.69 Å². The molecule has 2 aromatic rings. The van der Waals surface area contributed by atoms with Crippen LogP contribution >= 0.6 is 11.3 Å². The first-order valence-electron chi connectivity index (χ1n) is 7.80. The Hall–Kier alpha value is -2.14. The largest absolute Gasteiger partial charge is 0.342 e. The molecule has 0 atom stereocenters. The van der Waals surface area contributed by atoms with Gasteiger partial charge in [-0.2, -0.15) is 0 Å². The maximum Gasteiger partial charge on any atom is 0.261 e. The summed E-state index contributed by atoms with van der Waals surface area (Å²) in [4.78, 5) is 26.0. The fraction of sp³-hybridized carbons (Fsp3) is 0.333. The third-order valence-corrected chi connectivity index (χ3v) is 4.80. The molecule has 2 amide bonds. The van der Waals surface area contributed by atoms with Crippen molar-refractivity contribution >= 4 is 28.8 Å². The van der Waals surface area contributed by atoms with Gasteiger partial charge in [0, 0.05) is 10.6 Å².